The van der Waals surface area contributed by atoms with Crippen LogP contribution in [0.3, 0.4) is 0 Å². The van der Waals surface area contributed by atoms with Crippen LogP contribution in [-0.4, -0.2) is 4.98 Å². The molecule has 126 valence electrons. The first-order valence-electron chi connectivity index (χ1n) is 8.90. The van der Waals surface area contributed by atoms with E-state index < -0.39 is 0 Å². The average molecular weight is 314 g/mol. The number of unbranched alkanes of at least 4 members (excludes halogenated alkanes) is 2. The zero-order valence-electron chi connectivity index (χ0n) is 14.7. The van der Waals surface area contributed by atoms with Gasteiger partial charge in [0.15, 0.2) is 5.43 Å². The molecule has 3 nitrogen and oxygen atoms in total. The molecule has 0 fully saturated rings. The van der Waals surface area contributed by atoms with Crippen molar-refractivity contribution in [3.8, 4) is 0 Å². The molecule has 3 N–H and O–H groups in total. The van der Waals surface area contributed by atoms with Gasteiger partial charge in [0.2, 0.25) is 0 Å². The highest BCUT2D eigenvalue weighted by Crippen LogP contribution is 2.35. The highest BCUT2D eigenvalue weighted by atomic mass is 16.1. The minimum absolute atomic E-state index is 0.0499. The second kappa shape index (κ2) is 7.78. The Morgan fingerprint density at radius 3 is 2.52 bits per heavy atom. The fraction of sp³-hybridized carbons (Fsp3) is 0.550. The van der Waals surface area contributed by atoms with Crippen LogP contribution < -0.4 is 11.2 Å². The molecule has 1 aromatic heterocycles. The molecule has 1 aromatic carbocycles. The van der Waals surface area contributed by atoms with Gasteiger partial charge in [0.05, 0.1) is 0 Å². The number of aromatic amines is 1. The van der Waals surface area contributed by atoms with E-state index in [0.717, 1.165) is 16.6 Å². The van der Waals surface area contributed by atoms with Crippen LogP contribution in [-0.2, 0) is 12.0 Å². The molecule has 0 saturated heterocycles. The molecule has 0 aliphatic carbocycles. The van der Waals surface area contributed by atoms with Crippen LogP contribution in [0, 0.1) is 0 Å². The maximum atomic E-state index is 12.2. The van der Waals surface area contributed by atoms with Gasteiger partial charge in [-0.2, -0.15) is 0 Å². The van der Waals surface area contributed by atoms with Gasteiger partial charge >= 0.3 is 0 Å². The molecule has 0 amide bonds. The third kappa shape index (κ3) is 4.03. The number of nitrogens with two attached hydrogens (primary N) is 1. The first-order valence-corrected chi connectivity index (χ1v) is 8.90. The van der Waals surface area contributed by atoms with Crippen LogP contribution >= 0.6 is 0 Å². The van der Waals surface area contributed by atoms with E-state index in [1.54, 1.807) is 6.07 Å². The Labute approximate surface area is 139 Å². The van der Waals surface area contributed by atoms with Gasteiger partial charge in [-0.1, -0.05) is 52.5 Å². The van der Waals surface area contributed by atoms with Crippen LogP contribution in [0.1, 0.15) is 70.6 Å². The summed E-state index contributed by atoms with van der Waals surface area (Å²) in [6, 6.07) is 7.88. The van der Waals surface area contributed by atoms with Crippen molar-refractivity contribution in [1.82, 2.24) is 4.98 Å². The number of benzene rings is 1. The minimum Gasteiger partial charge on any atom is -0.357 e. The molecule has 0 aliphatic rings. The van der Waals surface area contributed by atoms with Crippen molar-refractivity contribution < 1.29 is 0 Å². The Bertz CT molecular complexity index is 704. The summed E-state index contributed by atoms with van der Waals surface area (Å²) in [6.07, 6.45) is 7.31. The summed E-state index contributed by atoms with van der Waals surface area (Å²) < 4.78 is 0. The van der Waals surface area contributed by atoms with Crippen molar-refractivity contribution in [2.45, 2.75) is 71.3 Å². The molecular weight excluding hydrogens is 284 g/mol. The Balaban J connectivity index is 2.44. The topological polar surface area (TPSA) is 58.9 Å². The van der Waals surface area contributed by atoms with Crippen molar-refractivity contribution in [1.29, 1.82) is 0 Å². The molecule has 0 radical (unpaired) electrons. The van der Waals surface area contributed by atoms with Gasteiger partial charge < -0.3 is 10.7 Å². The Morgan fingerprint density at radius 1 is 1.09 bits per heavy atom. The van der Waals surface area contributed by atoms with Crippen LogP contribution in [0.25, 0.3) is 10.9 Å². The van der Waals surface area contributed by atoms with Gasteiger partial charge in [0, 0.05) is 29.2 Å². The zero-order chi connectivity index (χ0) is 16.9. The van der Waals surface area contributed by atoms with Gasteiger partial charge in [-0.25, -0.2) is 0 Å². The molecule has 0 aliphatic heterocycles. The molecule has 23 heavy (non-hydrogen) atoms. The number of hydrogen-bond donors (Lipinski definition) is 2. The van der Waals surface area contributed by atoms with E-state index in [9.17, 15) is 4.79 Å². The van der Waals surface area contributed by atoms with Gasteiger partial charge in [-0.05, 0) is 36.0 Å². The molecule has 0 spiro atoms. The van der Waals surface area contributed by atoms with E-state index in [0.29, 0.717) is 6.54 Å². The summed E-state index contributed by atoms with van der Waals surface area (Å²) in [7, 11) is 0. The predicted octanol–water partition coefficient (Wildman–Crippen LogP) is 4.62. The van der Waals surface area contributed by atoms with Crippen molar-refractivity contribution in [3.05, 3.63) is 45.7 Å². The van der Waals surface area contributed by atoms with Crippen LogP contribution in [0.2, 0.25) is 0 Å². The highest BCUT2D eigenvalue weighted by Gasteiger charge is 2.25. The van der Waals surface area contributed by atoms with Gasteiger partial charge in [-0.3, -0.25) is 4.79 Å². The monoisotopic (exact) mass is 314 g/mol. The summed E-state index contributed by atoms with van der Waals surface area (Å²) in [5.74, 6) is 0. The van der Waals surface area contributed by atoms with Crippen LogP contribution in [0.15, 0.2) is 29.1 Å². The smallest absolute Gasteiger partial charge is 0.189 e. The number of H-pyrrole nitrogens is 1. The number of rotatable bonds is 8. The Kier molecular flexibility index (Phi) is 6.00. The Hall–Kier alpha value is -1.61. The SMILES string of the molecule is CCCCCC(C)(CCC)c1ccc2c(=O)cc(CN)[nH]c2c1. The normalized spacial score (nSPS) is 14.1. The van der Waals surface area contributed by atoms with E-state index in [1.165, 1.54) is 44.1 Å². The fourth-order valence-electron chi connectivity index (χ4n) is 3.52. The molecule has 2 aromatic rings. The molecule has 3 heteroatoms. The van der Waals surface area contributed by atoms with Crippen LogP contribution in [0.5, 0.6) is 0 Å². The Morgan fingerprint density at radius 2 is 1.87 bits per heavy atom. The number of pyridine rings is 1. The molecule has 0 bridgehead atoms. The van der Waals surface area contributed by atoms with E-state index in [2.05, 4.69) is 37.9 Å². The van der Waals surface area contributed by atoms with E-state index in [4.69, 9.17) is 5.73 Å². The lowest BCUT2D eigenvalue weighted by Crippen LogP contribution is -2.22. The summed E-state index contributed by atoms with van der Waals surface area (Å²) in [5, 5.41) is 0.748. The van der Waals surface area contributed by atoms with E-state index >= 15 is 0 Å². The number of fused-ring (bicyclic) bond motifs is 1. The quantitative estimate of drug-likeness (QED) is 0.698. The number of hydrogen-bond acceptors (Lipinski definition) is 2. The van der Waals surface area contributed by atoms with Crippen molar-refractivity contribution in [2.75, 3.05) is 0 Å². The maximum absolute atomic E-state index is 12.2. The fourth-order valence-corrected chi connectivity index (χ4v) is 3.52. The van der Waals surface area contributed by atoms with Crippen LogP contribution in [0.4, 0.5) is 0 Å². The number of aromatic nitrogens is 1. The molecule has 0 saturated carbocycles. The third-order valence-electron chi connectivity index (χ3n) is 4.94. The van der Waals surface area contributed by atoms with E-state index in [-0.39, 0.29) is 10.8 Å². The predicted molar refractivity (Wildman–Crippen MR) is 98.9 cm³/mol. The first kappa shape index (κ1) is 17.7. The van der Waals surface area contributed by atoms with Crippen molar-refractivity contribution >= 4 is 10.9 Å². The summed E-state index contributed by atoms with van der Waals surface area (Å²) in [5.41, 5.74) is 8.95. The largest absolute Gasteiger partial charge is 0.357 e. The standard InChI is InChI=1S/C20H30N2O/c1-4-6-7-11-20(3,10-5-2)15-8-9-17-18(12-15)22-16(14-21)13-19(17)23/h8-9,12-13H,4-7,10-11,14,21H2,1-3H3,(H,22,23). The number of nitrogens with one attached hydrogen (secondary N) is 1. The average Bonchev–Trinajstić information content (AvgIpc) is 2.54. The minimum atomic E-state index is 0.0499. The highest BCUT2D eigenvalue weighted by molar-refractivity contribution is 5.79. The summed E-state index contributed by atoms with van der Waals surface area (Å²) in [6.45, 7) is 7.20. The second-order valence-corrected chi connectivity index (χ2v) is 6.89. The zero-order valence-corrected chi connectivity index (χ0v) is 14.7. The van der Waals surface area contributed by atoms with Gasteiger partial charge in [-0.15, -0.1) is 0 Å². The maximum Gasteiger partial charge on any atom is 0.189 e. The lowest BCUT2D eigenvalue weighted by atomic mass is 9.74. The summed E-state index contributed by atoms with van der Waals surface area (Å²) >= 11 is 0. The van der Waals surface area contributed by atoms with E-state index in [1.807, 2.05) is 6.07 Å². The lowest BCUT2D eigenvalue weighted by molar-refractivity contribution is 0.379. The lowest BCUT2D eigenvalue weighted by Gasteiger charge is -2.30. The molecule has 2 rings (SSSR count). The van der Waals surface area contributed by atoms with Crippen molar-refractivity contribution in [3.63, 3.8) is 0 Å². The molecular formula is C20H30N2O. The van der Waals surface area contributed by atoms with Gasteiger partial charge in [0.25, 0.3) is 0 Å². The molecule has 1 atom stereocenters. The molecule has 1 heterocycles. The van der Waals surface area contributed by atoms with Crippen molar-refractivity contribution in [2.24, 2.45) is 5.73 Å². The second-order valence-electron chi connectivity index (χ2n) is 6.89. The summed E-state index contributed by atoms with van der Waals surface area (Å²) in [4.78, 5) is 15.5. The van der Waals surface area contributed by atoms with Gasteiger partial charge in [0.1, 0.15) is 0 Å². The molecule has 1 unspecified atom stereocenters. The first-order chi connectivity index (χ1) is 11.0. The third-order valence-corrected chi connectivity index (χ3v) is 4.94.